The number of hydrogen-bond acceptors (Lipinski definition) is 7. The molecule has 9 nitrogen and oxygen atoms in total. The Hall–Kier alpha value is -1.78. The first-order valence-electron chi connectivity index (χ1n) is 5.55. The summed E-state index contributed by atoms with van der Waals surface area (Å²) in [4.78, 5) is 3.80. The Bertz CT molecular complexity index is 606. The van der Waals surface area contributed by atoms with Crippen LogP contribution in [-0.4, -0.2) is 42.3 Å². The maximum absolute atomic E-state index is 12.0. The van der Waals surface area contributed by atoms with E-state index in [1.807, 2.05) is 0 Å². The highest BCUT2D eigenvalue weighted by Crippen LogP contribution is 2.11. The van der Waals surface area contributed by atoms with Gasteiger partial charge in [-0.05, 0) is 7.05 Å². The molecule has 0 aromatic carbocycles. The first kappa shape index (κ1) is 13.6. The zero-order valence-corrected chi connectivity index (χ0v) is 11.1. The smallest absolute Gasteiger partial charge is 0.257 e. The van der Waals surface area contributed by atoms with Gasteiger partial charge in [-0.1, -0.05) is 5.16 Å². The number of hydrogen-bond donors (Lipinski definition) is 3. The van der Waals surface area contributed by atoms with Gasteiger partial charge in [0.25, 0.3) is 10.0 Å². The van der Waals surface area contributed by atoms with E-state index in [-0.39, 0.29) is 11.6 Å². The molecular formula is C9H14N6O3S. The SMILES string of the molecule is CNCc1cn[nH]c1S(=O)(=O)NCCc1ncno1. The first-order chi connectivity index (χ1) is 9.13. The molecule has 0 aliphatic heterocycles. The van der Waals surface area contributed by atoms with Crippen LogP contribution in [0.1, 0.15) is 11.5 Å². The lowest BCUT2D eigenvalue weighted by Crippen LogP contribution is -2.27. The predicted molar refractivity (Wildman–Crippen MR) is 64.5 cm³/mol. The van der Waals surface area contributed by atoms with Crippen LogP contribution >= 0.6 is 0 Å². The Morgan fingerprint density at radius 3 is 3.00 bits per heavy atom. The lowest BCUT2D eigenvalue weighted by atomic mass is 10.4. The molecule has 19 heavy (non-hydrogen) atoms. The zero-order valence-electron chi connectivity index (χ0n) is 10.3. The quantitative estimate of drug-likeness (QED) is 0.598. The van der Waals surface area contributed by atoms with Crippen molar-refractivity contribution < 1.29 is 12.9 Å². The summed E-state index contributed by atoms with van der Waals surface area (Å²) in [6, 6.07) is 0. The van der Waals surface area contributed by atoms with Crippen molar-refractivity contribution in [1.82, 2.24) is 30.4 Å². The molecule has 3 N–H and O–H groups in total. The van der Waals surface area contributed by atoms with Crippen molar-refractivity contribution in [2.24, 2.45) is 0 Å². The summed E-state index contributed by atoms with van der Waals surface area (Å²) < 4.78 is 31.3. The van der Waals surface area contributed by atoms with Crippen molar-refractivity contribution in [2.75, 3.05) is 13.6 Å². The number of nitrogens with zero attached hydrogens (tertiary/aromatic N) is 3. The fourth-order valence-corrected chi connectivity index (χ4v) is 2.68. The molecule has 104 valence electrons. The van der Waals surface area contributed by atoms with E-state index < -0.39 is 10.0 Å². The van der Waals surface area contributed by atoms with Gasteiger partial charge in [0.1, 0.15) is 0 Å². The molecule has 0 radical (unpaired) electrons. The number of H-pyrrole nitrogens is 1. The Morgan fingerprint density at radius 2 is 2.32 bits per heavy atom. The number of nitrogens with one attached hydrogen (secondary N) is 3. The van der Waals surface area contributed by atoms with Crippen LogP contribution in [0.3, 0.4) is 0 Å². The molecule has 10 heteroatoms. The summed E-state index contributed by atoms with van der Waals surface area (Å²) in [6.07, 6.45) is 3.07. The molecule has 2 heterocycles. The topological polar surface area (TPSA) is 126 Å². The summed E-state index contributed by atoms with van der Waals surface area (Å²) in [5.74, 6) is 0.378. The number of aromatic amines is 1. The van der Waals surface area contributed by atoms with Crippen molar-refractivity contribution in [3.63, 3.8) is 0 Å². The highest BCUT2D eigenvalue weighted by Gasteiger charge is 2.20. The van der Waals surface area contributed by atoms with Gasteiger partial charge in [0.2, 0.25) is 5.89 Å². The number of sulfonamides is 1. The Balaban J connectivity index is 1.99. The Labute approximate surface area is 109 Å². The lowest BCUT2D eigenvalue weighted by Gasteiger charge is -2.05. The fourth-order valence-electron chi connectivity index (χ4n) is 1.52. The van der Waals surface area contributed by atoms with E-state index in [4.69, 9.17) is 4.52 Å². The van der Waals surface area contributed by atoms with E-state index in [0.29, 0.717) is 24.4 Å². The van der Waals surface area contributed by atoms with Crippen molar-refractivity contribution in [3.05, 3.63) is 24.0 Å². The minimum Gasteiger partial charge on any atom is -0.340 e. The van der Waals surface area contributed by atoms with Crippen LogP contribution in [0.4, 0.5) is 0 Å². The third-order valence-corrected chi connectivity index (χ3v) is 3.83. The maximum Gasteiger partial charge on any atom is 0.257 e. The van der Waals surface area contributed by atoms with Gasteiger partial charge in [-0.2, -0.15) is 10.1 Å². The van der Waals surface area contributed by atoms with Crippen LogP contribution in [0, 0.1) is 0 Å². The molecule has 2 aromatic rings. The average molecular weight is 286 g/mol. The van der Waals surface area contributed by atoms with Crippen molar-refractivity contribution >= 4 is 10.0 Å². The highest BCUT2D eigenvalue weighted by atomic mass is 32.2. The maximum atomic E-state index is 12.0. The van der Waals surface area contributed by atoms with Crippen LogP contribution in [0.2, 0.25) is 0 Å². The van der Waals surface area contributed by atoms with Gasteiger partial charge >= 0.3 is 0 Å². The van der Waals surface area contributed by atoms with Crippen LogP contribution in [0.15, 0.2) is 22.1 Å². The van der Waals surface area contributed by atoms with Gasteiger partial charge in [-0.3, -0.25) is 5.10 Å². The van der Waals surface area contributed by atoms with E-state index in [0.717, 1.165) is 0 Å². The summed E-state index contributed by atoms with van der Waals surface area (Å²) in [6.45, 7) is 0.582. The average Bonchev–Trinajstić information content (AvgIpc) is 3.00. The zero-order chi connectivity index (χ0) is 13.7. The molecule has 0 atom stereocenters. The van der Waals surface area contributed by atoms with Crippen LogP contribution < -0.4 is 10.0 Å². The first-order valence-corrected chi connectivity index (χ1v) is 7.04. The highest BCUT2D eigenvalue weighted by molar-refractivity contribution is 7.89. The van der Waals surface area contributed by atoms with Gasteiger partial charge in [-0.15, -0.1) is 0 Å². The standard InChI is InChI=1S/C9H14N6O3S/c1-10-4-7-5-12-15-9(7)19(16,17)14-3-2-8-11-6-13-18-8/h5-6,10,14H,2-4H2,1H3,(H,12,15). The molecule has 0 amide bonds. The van der Waals surface area contributed by atoms with Crippen LogP contribution in [0.25, 0.3) is 0 Å². The van der Waals surface area contributed by atoms with Gasteiger partial charge in [0, 0.05) is 25.1 Å². The molecule has 0 unspecified atom stereocenters. The second-order valence-electron chi connectivity index (χ2n) is 3.74. The van der Waals surface area contributed by atoms with E-state index in [1.54, 1.807) is 7.05 Å². The van der Waals surface area contributed by atoms with Gasteiger partial charge in [-0.25, -0.2) is 13.1 Å². The molecule has 0 saturated heterocycles. The summed E-state index contributed by atoms with van der Waals surface area (Å²) in [5.41, 5.74) is 0.577. The normalized spacial score (nSPS) is 11.8. The van der Waals surface area contributed by atoms with E-state index >= 15 is 0 Å². The summed E-state index contributed by atoms with van der Waals surface area (Å²) in [5, 5.41) is 12.6. The van der Waals surface area contributed by atoms with Gasteiger partial charge in [0.15, 0.2) is 11.4 Å². The molecule has 0 aliphatic carbocycles. The van der Waals surface area contributed by atoms with E-state index in [2.05, 4.69) is 30.4 Å². The summed E-state index contributed by atoms with van der Waals surface area (Å²) in [7, 11) is -1.89. The third-order valence-electron chi connectivity index (χ3n) is 2.35. The summed E-state index contributed by atoms with van der Waals surface area (Å²) >= 11 is 0. The molecule has 0 saturated carbocycles. The monoisotopic (exact) mass is 286 g/mol. The molecule has 0 spiro atoms. The fraction of sp³-hybridized carbons (Fsp3) is 0.444. The third kappa shape index (κ3) is 3.36. The molecule has 0 bridgehead atoms. The molecular weight excluding hydrogens is 272 g/mol. The van der Waals surface area contributed by atoms with Crippen molar-refractivity contribution in [1.29, 1.82) is 0 Å². The second kappa shape index (κ2) is 5.91. The van der Waals surface area contributed by atoms with Gasteiger partial charge < -0.3 is 9.84 Å². The molecule has 2 rings (SSSR count). The minimum absolute atomic E-state index is 0.0624. The molecule has 0 aliphatic rings. The van der Waals surface area contributed by atoms with Crippen molar-refractivity contribution in [3.8, 4) is 0 Å². The molecule has 0 fully saturated rings. The van der Waals surface area contributed by atoms with E-state index in [1.165, 1.54) is 12.5 Å². The Morgan fingerprint density at radius 1 is 1.47 bits per heavy atom. The van der Waals surface area contributed by atoms with Crippen LogP contribution in [0.5, 0.6) is 0 Å². The molecule has 2 aromatic heterocycles. The van der Waals surface area contributed by atoms with Gasteiger partial charge in [0.05, 0.1) is 6.20 Å². The predicted octanol–water partition coefficient (Wildman–Crippen LogP) is -0.967. The largest absolute Gasteiger partial charge is 0.340 e. The second-order valence-corrected chi connectivity index (χ2v) is 5.44. The lowest BCUT2D eigenvalue weighted by molar-refractivity contribution is 0.377. The van der Waals surface area contributed by atoms with Crippen LogP contribution in [-0.2, 0) is 23.0 Å². The van der Waals surface area contributed by atoms with E-state index in [9.17, 15) is 8.42 Å². The van der Waals surface area contributed by atoms with Crippen molar-refractivity contribution in [2.45, 2.75) is 18.0 Å². The number of rotatable bonds is 7. The Kier molecular flexibility index (Phi) is 4.24. The number of aromatic nitrogens is 4. The minimum atomic E-state index is -3.62.